The molecule has 3 aromatic rings. The Morgan fingerprint density at radius 1 is 1.10 bits per heavy atom. The van der Waals surface area contributed by atoms with E-state index in [9.17, 15) is 23.1 Å². The quantitative estimate of drug-likeness (QED) is 0.400. The molecule has 4 N–H and O–H groups in total. The van der Waals surface area contributed by atoms with Gasteiger partial charge in [-0.05, 0) is 37.6 Å². The van der Waals surface area contributed by atoms with Gasteiger partial charge in [-0.1, -0.05) is 18.2 Å². The minimum atomic E-state index is -4.16. The summed E-state index contributed by atoms with van der Waals surface area (Å²) >= 11 is 0. The highest BCUT2D eigenvalue weighted by Crippen LogP contribution is 2.30. The molecule has 0 aliphatic rings. The van der Waals surface area contributed by atoms with Gasteiger partial charge in [0.1, 0.15) is 17.2 Å². The number of para-hydroxylation sites is 1. The normalized spacial score (nSPS) is 13.9. The van der Waals surface area contributed by atoms with Crippen LogP contribution in [0, 0.1) is 0 Å². The van der Waals surface area contributed by atoms with Gasteiger partial charge in [-0.2, -0.15) is 4.72 Å². The molecule has 3 rings (SSSR count). The van der Waals surface area contributed by atoms with Crippen molar-refractivity contribution in [1.29, 1.82) is 0 Å². The lowest BCUT2D eigenvalue weighted by atomic mass is 10.1. The summed E-state index contributed by atoms with van der Waals surface area (Å²) in [5.41, 5.74) is 1.13. The van der Waals surface area contributed by atoms with Gasteiger partial charge in [0.2, 0.25) is 15.9 Å². The number of carbonyl (C=O) groups excluding carboxylic acids is 1. The first-order valence-electron chi connectivity index (χ1n) is 9.28. The number of aliphatic hydroxyl groups excluding tert-OH is 1. The molecular weight excluding hydrogens is 412 g/mol. The van der Waals surface area contributed by atoms with E-state index in [1.165, 1.54) is 25.1 Å². The fourth-order valence-corrected chi connectivity index (χ4v) is 4.24. The maximum Gasteiger partial charge on any atom is 0.321 e. The molecule has 0 spiro atoms. The van der Waals surface area contributed by atoms with E-state index in [0.29, 0.717) is 16.6 Å². The van der Waals surface area contributed by atoms with Crippen molar-refractivity contribution in [2.24, 2.45) is 0 Å². The van der Waals surface area contributed by atoms with Gasteiger partial charge in [-0.15, -0.1) is 0 Å². The predicted octanol–water partition coefficient (Wildman–Crippen LogP) is 1.59. The number of furan rings is 1. The van der Waals surface area contributed by atoms with Crippen LogP contribution in [0.25, 0.3) is 21.9 Å². The van der Waals surface area contributed by atoms with Crippen LogP contribution < -0.4 is 10.0 Å². The van der Waals surface area contributed by atoms with Crippen LogP contribution >= 0.6 is 0 Å². The fraction of sp³-hybridized carbons (Fsp3) is 0.300. The number of carbonyl (C=O) groups is 2. The van der Waals surface area contributed by atoms with Gasteiger partial charge in [-0.3, -0.25) is 9.59 Å². The van der Waals surface area contributed by atoms with E-state index in [2.05, 4.69) is 10.0 Å². The second kappa shape index (κ2) is 8.82. The summed E-state index contributed by atoms with van der Waals surface area (Å²) in [5, 5.41) is 22.3. The summed E-state index contributed by atoms with van der Waals surface area (Å²) in [4.78, 5) is 23.2. The van der Waals surface area contributed by atoms with Gasteiger partial charge in [0, 0.05) is 23.7 Å². The van der Waals surface area contributed by atoms with E-state index in [1.807, 2.05) is 0 Å². The Balaban J connectivity index is 1.78. The van der Waals surface area contributed by atoms with Crippen LogP contribution in [0.3, 0.4) is 0 Å². The van der Waals surface area contributed by atoms with Crippen LogP contribution in [-0.2, 0) is 19.6 Å². The Kier molecular flexibility index (Phi) is 6.40. The zero-order valence-corrected chi connectivity index (χ0v) is 17.0. The molecule has 0 saturated heterocycles. The number of fused-ring (bicyclic) bond motifs is 3. The van der Waals surface area contributed by atoms with Crippen LogP contribution in [0.2, 0.25) is 0 Å². The maximum atomic E-state index is 12.8. The molecule has 30 heavy (non-hydrogen) atoms. The largest absolute Gasteiger partial charge is 0.480 e. The van der Waals surface area contributed by atoms with Crippen LogP contribution in [0.5, 0.6) is 0 Å². The molecule has 2 unspecified atom stereocenters. The van der Waals surface area contributed by atoms with Crippen molar-refractivity contribution >= 4 is 43.8 Å². The van der Waals surface area contributed by atoms with E-state index in [1.54, 1.807) is 24.3 Å². The number of aliphatic hydroxyl groups is 1. The fourth-order valence-electron chi connectivity index (χ4n) is 2.99. The first-order chi connectivity index (χ1) is 14.2. The molecule has 9 nitrogen and oxygen atoms in total. The van der Waals surface area contributed by atoms with Crippen molar-refractivity contribution in [3.8, 4) is 0 Å². The molecule has 0 saturated carbocycles. The van der Waals surface area contributed by atoms with Crippen molar-refractivity contribution in [3.63, 3.8) is 0 Å². The molecule has 2 aromatic carbocycles. The summed E-state index contributed by atoms with van der Waals surface area (Å²) in [6.07, 6.45) is -1.19. The molecule has 0 radical (unpaired) electrons. The molecule has 10 heteroatoms. The summed E-state index contributed by atoms with van der Waals surface area (Å²) in [6.45, 7) is 1.52. The van der Waals surface area contributed by atoms with Crippen LogP contribution in [-0.4, -0.2) is 49.2 Å². The number of hydrogen-bond acceptors (Lipinski definition) is 6. The topological polar surface area (TPSA) is 146 Å². The lowest BCUT2D eigenvalue weighted by molar-refractivity contribution is -0.139. The van der Waals surface area contributed by atoms with Gasteiger partial charge < -0.3 is 19.9 Å². The highest BCUT2D eigenvalue weighted by Gasteiger charge is 2.26. The Morgan fingerprint density at radius 2 is 1.80 bits per heavy atom. The van der Waals surface area contributed by atoms with Crippen molar-refractivity contribution in [2.45, 2.75) is 36.8 Å². The number of sulfonamides is 1. The van der Waals surface area contributed by atoms with Crippen LogP contribution in [0.4, 0.5) is 0 Å². The van der Waals surface area contributed by atoms with E-state index in [0.717, 1.165) is 5.39 Å². The number of aliphatic carboxylic acids is 1. The third-order valence-corrected chi connectivity index (χ3v) is 5.98. The first-order valence-corrected chi connectivity index (χ1v) is 10.8. The van der Waals surface area contributed by atoms with Crippen LogP contribution in [0.15, 0.2) is 51.8 Å². The zero-order valence-electron chi connectivity index (χ0n) is 16.2. The molecule has 0 bridgehead atoms. The number of nitrogens with one attached hydrogen (secondary N) is 2. The standard InChI is InChI=1S/C20H22N2O7S/c1-12(23)11-21-19(24)9-7-16(20(25)26)22-30(27,28)13-6-8-18-15(10-13)14-4-2-3-5-17(14)29-18/h2-6,8,10,12,16,22-23H,7,9,11H2,1H3,(H,21,24)(H,25,26). The number of amides is 1. The molecule has 2 atom stereocenters. The second-order valence-corrected chi connectivity index (χ2v) is 8.67. The van der Waals surface area contributed by atoms with E-state index < -0.39 is 34.0 Å². The average molecular weight is 434 g/mol. The minimum absolute atomic E-state index is 0.0287. The number of rotatable bonds is 9. The summed E-state index contributed by atoms with van der Waals surface area (Å²) in [5.74, 6) is -1.87. The van der Waals surface area contributed by atoms with Crippen LogP contribution in [0.1, 0.15) is 19.8 Å². The number of benzene rings is 2. The molecule has 1 heterocycles. The Labute approximate surface area is 172 Å². The lowest BCUT2D eigenvalue weighted by Gasteiger charge is -2.15. The molecule has 0 aliphatic carbocycles. The molecule has 1 amide bonds. The summed E-state index contributed by atoms with van der Waals surface area (Å²) in [6, 6.07) is 9.98. The SMILES string of the molecule is CC(O)CNC(=O)CCC(NS(=O)(=O)c1ccc2oc3ccccc3c2c1)C(=O)O. The Bertz CT molecular complexity index is 1180. The third-order valence-electron chi connectivity index (χ3n) is 4.51. The highest BCUT2D eigenvalue weighted by molar-refractivity contribution is 7.89. The van der Waals surface area contributed by atoms with Gasteiger partial charge >= 0.3 is 5.97 Å². The number of carboxylic acid groups (broad SMARTS) is 1. The highest BCUT2D eigenvalue weighted by atomic mass is 32.2. The van der Waals surface area contributed by atoms with Gasteiger partial charge in [0.15, 0.2) is 0 Å². The molecule has 0 fully saturated rings. The lowest BCUT2D eigenvalue weighted by Crippen LogP contribution is -2.41. The molecule has 0 aliphatic heterocycles. The Morgan fingerprint density at radius 3 is 2.50 bits per heavy atom. The summed E-state index contributed by atoms with van der Waals surface area (Å²) < 4.78 is 33.4. The molecular formula is C20H22N2O7S. The third kappa shape index (κ3) is 4.96. The van der Waals surface area contributed by atoms with Crippen molar-refractivity contribution < 1.29 is 32.6 Å². The summed E-state index contributed by atoms with van der Waals surface area (Å²) in [7, 11) is -4.16. The molecule has 160 valence electrons. The van der Waals surface area contributed by atoms with E-state index in [4.69, 9.17) is 9.52 Å². The van der Waals surface area contributed by atoms with Crippen molar-refractivity contribution in [2.75, 3.05) is 6.54 Å². The minimum Gasteiger partial charge on any atom is -0.480 e. The van der Waals surface area contributed by atoms with E-state index >= 15 is 0 Å². The second-order valence-electron chi connectivity index (χ2n) is 6.96. The first kappa shape index (κ1) is 21.8. The average Bonchev–Trinajstić information content (AvgIpc) is 3.07. The Hall–Kier alpha value is -2.95. The van der Waals surface area contributed by atoms with Gasteiger partial charge in [0.05, 0.1) is 11.0 Å². The van der Waals surface area contributed by atoms with E-state index in [-0.39, 0.29) is 24.3 Å². The van der Waals surface area contributed by atoms with Crippen molar-refractivity contribution in [1.82, 2.24) is 10.0 Å². The monoisotopic (exact) mass is 434 g/mol. The maximum absolute atomic E-state index is 12.8. The predicted molar refractivity (Wildman–Crippen MR) is 109 cm³/mol. The zero-order chi connectivity index (χ0) is 21.9. The number of hydrogen-bond donors (Lipinski definition) is 4. The van der Waals surface area contributed by atoms with Gasteiger partial charge in [0.25, 0.3) is 0 Å². The number of carboxylic acids is 1. The smallest absolute Gasteiger partial charge is 0.321 e. The molecule has 1 aromatic heterocycles. The van der Waals surface area contributed by atoms with Gasteiger partial charge in [-0.25, -0.2) is 8.42 Å². The van der Waals surface area contributed by atoms with Crippen molar-refractivity contribution in [3.05, 3.63) is 42.5 Å².